The number of para-hydroxylation sites is 1. The molecule has 0 aromatic heterocycles. The predicted octanol–water partition coefficient (Wildman–Crippen LogP) is 1.06. The second-order valence-corrected chi connectivity index (χ2v) is 4.44. The maximum absolute atomic E-state index is 12.0. The number of methoxy groups -OCH3 is 1. The molecule has 18 heavy (non-hydrogen) atoms. The second kappa shape index (κ2) is 6.40. The monoisotopic (exact) mass is 248 g/mol. The Morgan fingerprint density at radius 3 is 2.78 bits per heavy atom. The van der Waals surface area contributed by atoms with Crippen molar-refractivity contribution in [2.24, 2.45) is 0 Å². The minimum atomic E-state index is 0.238. The van der Waals surface area contributed by atoms with Crippen LogP contribution in [-0.4, -0.2) is 44.1 Å². The van der Waals surface area contributed by atoms with Gasteiger partial charge in [-0.3, -0.25) is 4.79 Å². The Balaban J connectivity index is 1.88. The van der Waals surface area contributed by atoms with E-state index in [1.54, 1.807) is 7.11 Å². The standard InChI is InChI=1S/C14H20N2O2/c1-18-13-5-3-2-4-12(13)6-7-14(17)16-10-8-15-9-11-16/h2-5,15H,6-11H2,1H3. The lowest BCUT2D eigenvalue weighted by Gasteiger charge is -2.27. The number of nitrogens with one attached hydrogen (secondary N) is 1. The third kappa shape index (κ3) is 3.23. The van der Waals surface area contributed by atoms with Gasteiger partial charge in [-0.1, -0.05) is 18.2 Å². The van der Waals surface area contributed by atoms with Crippen molar-refractivity contribution in [2.45, 2.75) is 12.8 Å². The molecule has 1 aromatic rings. The molecular weight excluding hydrogens is 228 g/mol. The number of carbonyl (C=O) groups is 1. The fourth-order valence-electron chi connectivity index (χ4n) is 2.22. The molecule has 1 fully saturated rings. The van der Waals surface area contributed by atoms with E-state index < -0.39 is 0 Å². The highest BCUT2D eigenvalue weighted by molar-refractivity contribution is 5.76. The van der Waals surface area contributed by atoms with E-state index in [4.69, 9.17) is 4.74 Å². The number of hydrogen-bond donors (Lipinski definition) is 1. The molecule has 4 heteroatoms. The van der Waals surface area contributed by atoms with E-state index in [0.29, 0.717) is 6.42 Å². The molecule has 1 heterocycles. The summed E-state index contributed by atoms with van der Waals surface area (Å²) in [5.74, 6) is 1.10. The van der Waals surface area contributed by atoms with Gasteiger partial charge in [-0.2, -0.15) is 0 Å². The van der Waals surface area contributed by atoms with Gasteiger partial charge in [-0.15, -0.1) is 0 Å². The van der Waals surface area contributed by atoms with Gasteiger partial charge >= 0.3 is 0 Å². The van der Waals surface area contributed by atoms with E-state index in [1.165, 1.54) is 0 Å². The first-order valence-electron chi connectivity index (χ1n) is 6.41. The molecule has 0 unspecified atom stereocenters. The van der Waals surface area contributed by atoms with Crippen LogP contribution in [-0.2, 0) is 11.2 Å². The Kier molecular flexibility index (Phi) is 4.59. The summed E-state index contributed by atoms with van der Waals surface area (Å²) < 4.78 is 5.29. The molecule has 2 rings (SSSR count). The summed E-state index contributed by atoms with van der Waals surface area (Å²) >= 11 is 0. The van der Waals surface area contributed by atoms with Gasteiger partial charge in [-0.25, -0.2) is 0 Å². The lowest BCUT2D eigenvalue weighted by atomic mass is 10.1. The van der Waals surface area contributed by atoms with Gasteiger partial charge < -0.3 is 15.0 Å². The molecule has 1 saturated heterocycles. The quantitative estimate of drug-likeness (QED) is 0.866. The number of ether oxygens (including phenoxy) is 1. The van der Waals surface area contributed by atoms with Crippen molar-refractivity contribution in [1.82, 2.24) is 10.2 Å². The molecule has 1 aliphatic heterocycles. The van der Waals surface area contributed by atoms with E-state index in [0.717, 1.165) is 43.9 Å². The third-order valence-corrected chi connectivity index (χ3v) is 3.27. The number of benzene rings is 1. The molecule has 1 aliphatic rings. The summed E-state index contributed by atoms with van der Waals surface area (Å²) in [5.41, 5.74) is 1.10. The van der Waals surface area contributed by atoms with E-state index >= 15 is 0 Å². The third-order valence-electron chi connectivity index (χ3n) is 3.27. The molecular formula is C14H20N2O2. The van der Waals surface area contributed by atoms with Gasteiger partial charge in [-0.05, 0) is 18.1 Å². The number of amides is 1. The molecule has 1 N–H and O–H groups in total. The Bertz CT molecular complexity index is 401. The molecule has 0 bridgehead atoms. The maximum Gasteiger partial charge on any atom is 0.222 e. The summed E-state index contributed by atoms with van der Waals surface area (Å²) in [6, 6.07) is 7.88. The summed E-state index contributed by atoms with van der Waals surface area (Å²) in [6.45, 7) is 3.45. The van der Waals surface area contributed by atoms with Crippen LogP contribution in [0.4, 0.5) is 0 Å². The van der Waals surface area contributed by atoms with Crippen molar-refractivity contribution >= 4 is 5.91 Å². The van der Waals surface area contributed by atoms with Crippen LogP contribution >= 0.6 is 0 Å². The number of piperazine rings is 1. The Morgan fingerprint density at radius 2 is 2.06 bits per heavy atom. The number of aryl methyl sites for hydroxylation is 1. The highest BCUT2D eigenvalue weighted by Gasteiger charge is 2.16. The van der Waals surface area contributed by atoms with Crippen LogP contribution in [0, 0.1) is 0 Å². The number of hydrogen-bond acceptors (Lipinski definition) is 3. The van der Waals surface area contributed by atoms with E-state index in [9.17, 15) is 4.79 Å². The van der Waals surface area contributed by atoms with E-state index in [2.05, 4.69) is 5.32 Å². The number of carbonyl (C=O) groups excluding carboxylic acids is 1. The second-order valence-electron chi connectivity index (χ2n) is 4.44. The number of rotatable bonds is 4. The highest BCUT2D eigenvalue weighted by atomic mass is 16.5. The van der Waals surface area contributed by atoms with Crippen LogP contribution in [0.3, 0.4) is 0 Å². The molecule has 1 amide bonds. The Morgan fingerprint density at radius 1 is 1.33 bits per heavy atom. The van der Waals surface area contributed by atoms with Crippen molar-refractivity contribution in [1.29, 1.82) is 0 Å². The van der Waals surface area contributed by atoms with Crippen molar-refractivity contribution < 1.29 is 9.53 Å². The van der Waals surface area contributed by atoms with Gasteiger partial charge in [0.05, 0.1) is 7.11 Å². The fraction of sp³-hybridized carbons (Fsp3) is 0.500. The van der Waals surface area contributed by atoms with Gasteiger partial charge in [0.15, 0.2) is 0 Å². The zero-order valence-electron chi connectivity index (χ0n) is 10.8. The number of nitrogens with zero attached hydrogens (tertiary/aromatic N) is 1. The van der Waals surface area contributed by atoms with Gasteiger partial charge in [0, 0.05) is 32.6 Å². The molecule has 1 aromatic carbocycles. The molecule has 0 aliphatic carbocycles. The van der Waals surface area contributed by atoms with Crippen molar-refractivity contribution in [3.05, 3.63) is 29.8 Å². The Hall–Kier alpha value is -1.55. The van der Waals surface area contributed by atoms with E-state index in [1.807, 2.05) is 29.2 Å². The largest absolute Gasteiger partial charge is 0.496 e. The summed E-state index contributed by atoms with van der Waals surface area (Å²) in [4.78, 5) is 14.0. The van der Waals surface area contributed by atoms with Crippen molar-refractivity contribution in [3.8, 4) is 5.75 Å². The SMILES string of the molecule is COc1ccccc1CCC(=O)N1CCNCC1. The molecule has 98 valence electrons. The first-order chi connectivity index (χ1) is 8.81. The van der Waals surface area contributed by atoms with Gasteiger partial charge in [0.1, 0.15) is 5.75 Å². The van der Waals surface area contributed by atoms with Crippen LogP contribution in [0.15, 0.2) is 24.3 Å². The smallest absolute Gasteiger partial charge is 0.222 e. The minimum Gasteiger partial charge on any atom is -0.496 e. The Labute approximate surface area is 108 Å². The summed E-state index contributed by atoms with van der Waals surface area (Å²) in [6.07, 6.45) is 1.30. The zero-order valence-corrected chi connectivity index (χ0v) is 10.8. The summed E-state index contributed by atoms with van der Waals surface area (Å²) in [5, 5.41) is 3.25. The van der Waals surface area contributed by atoms with Gasteiger partial charge in [0.2, 0.25) is 5.91 Å². The average molecular weight is 248 g/mol. The first kappa shape index (κ1) is 12.9. The highest BCUT2D eigenvalue weighted by Crippen LogP contribution is 2.19. The van der Waals surface area contributed by atoms with Crippen LogP contribution in [0.2, 0.25) is 0 Å². The van der Waals surface area contributed by atoms with Crippen LogP contribution < -0.4 is 10.1 Å². The fourth-order valence-corrected chi connectivity index (χ4v) is 2.22. The van der Waals surface area contributed by atoms with Crippen LogP contribution in [0.5, 0.6) is 5.75 Å². The summed E-state index contributed by atoms with van der Waals surface area (Å²) in [7, 11) is 1.66. The molecule has 0 saturated carbocycles. The van der Waals surface area contributed by atoms with Crippen molar-refractivity contribution in [3.63, 3.8) is 0 Å². The lowest BCUT2D eigenvalue weighted by molar-refractivity contribution is -0.131. The van der Waals surface area contributed by atoms with Crippen molar-refractivity contribution in [2.75, 3.05) is 33.3 Å². The molecule has 0 atom stereocenters. The molecule has 0 radical (unpaired) electrons. The van der Waals surface area contributed by atoms with Gasteiger partial charge in [0.25, 0.3) is 0 Å². The zero-order chi connectivity index (χ0) is 12.8. The lowest BCUT2D eigenvalue weighted by Crippen LogP contribution is -2.46. The van der Waals surface area contributed by atoms with Crippen LogP contribution in [0.1, 0.15) is 12.0 Å². The first-order valence-corrected chi connectivity index (χ1v) is 6.41. The normalized spacial score (nSPS) is 15.5. The maximum atomic E-state index is 12.0. The molecule has 4 nitrogen and oxygen atoms in total. The van der Waals surface area contributed by atoms with E-state index in [-0.39, 0.29) is 5.91 Å². The van der Waals surface area contributed by atoms with Crippen LogP contribution in [0.25, 0.3) is 0 Å². The minimum absolute atomic E-state index is 0.238. The topological polar surface area (TPSA) is 41.6 Å². The average Bonchev–Trinajstić information content (AvgIpc) is 2.46. The predicted molar refractivity (Wildman–Crippen MR) is 70.8 cm³/mol. The molecule has 0 spiro atoms.